The first-order valence-electron chi connectivity index (χ1n) is 6.88. The topological polar surface area (TPSA) is 30.5 Å². The lowest BCUT2D eigenvalue weighted by atomic mass is 10.2. The summed E-state index contributed by atoms with van der Waals surface area (Å²) in [4.78, 5) is 0. The fourth-order valence-corrected chi connectivity index (χ4v) is 2.07. The number of nitrogens with one attached hydrogen (secondary N) is 1. The monoisotopic (exact) mass is 227 g/mol. The molecule has 0 aromatic carbocycles. The summed E-state index contributed by atoms with van der Waals surface area (Å²) in [6, 6.07) is 0.866. The van der Waals surface area contributed by atoms with E-state index < -0.39 is 0 Å². The van der Waals surface area contributed by atoms with Crippen molar-refractivity contribution in [3.63, 3.8) is 0 Å². The minimum absolute atomic E-state index is 0.386. The van der Waals surface area contributed by atoms with Crippen LogP contribution in [0.1, 0.15) is 44.9 Å². The molecule has 0 radical (unpaired) electrons. The summed E-state index contributed by atoms with van der Waals surface area (Å²) in [5.41, 5.74) is 0. The highest BCUT2D eigenvalue weighted by Gasteiger charge is 2.19. The molecule has 0 amide bonds. The molecule has 16 heavy (non-hydrogen) atoms. The average Bonchev–Trinajstić information content (AvgIpc) is 2.97. The second-order valence-electron chi connectivity index (χ2n) is 5.00. The highest BCUT2D eigenvalue weighted by molar-refractivity contribution is 4.80. The molecule has 3 nitrogen and oxygen atoms in total. The van der Waals surface area contributed by atoms with Crippen LogP contribution in [0.3, 0.4) is 0 Å². The van der Waals surface area contributed by atoms with Gasteiger partial charge in [-0.25, -0.2) is 0 Å². The Bertz CT molecular complexity index is 177. The minimum Gasteiger partial charge on any atom is -0.379 e. The van der Waals surface area contributed by atoms with E-state index in [0.717, 1.165) is 32.3 Å². The van der Waals surface area contributed by atoms with E-state index in [4.69, 9.17) is 9.47 Å². The third kappa shape index (κ3) is 5.28. The van der Waals surface area contributed by atoms with Crippen LogP contribution in [0.25, 0.3) is 0 Å². The lowest BCUT2D eigenvalue weighted by molar-refractivity contribution is 0.0406. The van der Waals surface area contributed by atoms with E-state index in [1.165, 1.54) is 45.1 Å². The summed E-state index contributed by atoms with van der Waals surface area (Å²) in [6.45, 7) is 3.83. The Balaban J connectivity index is 1.29. The van der Waals surface area contributed by atoms with Crippen molar-refractivity contribution in [2.24, 2.45) is 0 Å². The van der Waals surface area contributed by atoms with Crippen molar-refractivity contribution in [1.82, 2.24) is 5.32 Å². The van der Waals surface area contributed by atoms with Crippen LogP contribution >= 0.6 is 0 Å². The van der Waals surface area contributed by atoms with E-state index in [0.29, 0.717) is 6.10 Å². The van der Waals surface area contributed by atoms with Gasteiger partial charge in [-0.1, -0.05) is 12.8 Å². The summed E-state index contributed by atoms with van der Waals surface area (Å²) >= 11 is 0. The van der Waals surface area contributed by atoms with E-state index in [2.05, 4.69) is 5.32 Å². The first-order valence-corrected chi connectivity index (χ1v) is 6.88. The second kappa shape index (κ2) is 7.25. The molecule has 1 unspecified atom stereocenters. The quantitative estimate of drug-likeness (QED) is 0.612. The molecule has 3 heteroatoms. The molecule has 1 saturated carbocycles. The predicted octanol–water partition coefficient (Wildman–Crippen LogP) is 2.10. The van der Waals surface area contributed by atoms with Crippen molar-refractivity contribution in [3.8, 4) is 0 Å². The Morgan fingerprint density at radius 1 is 1.06 bits per heavy atom. The Morgan fingerprint density at radius 2 is 1.94 bits per heavy atom. The maximum absolute atomic E-state index is 5.72. The van der Waals surface area contributed by atoms with Crippen LogP contribution < -0.4 is 5.32 Å². The van der Waals surface area contributed by atoms with Crippen molar-refractivity contribution >= 4 is 0 Å². The molecule has 0 bridgehead atoms. The number of rotatable bonds is 9. The fourth-order valence-electron chi connectivity index (χ4n) is 2.07. The molecule has 94 valence electrons. The standard InChI is InChI=1S/C13H25NO2/c1(3-8-14-12-5-6-12)2-4-9-16-13-7-10-15-11-13/h12-14H,1-11H2. The molecule has 1 N–H and O–H groups in total. The highest BCUT2D eigenvalue weighted by atomic mass is 16.5. The Hall–Kier alpha value is -0.120. The van der Waals surface area contributed by atoms with E-state index in [1.54, 1.807) is 0 Å². The van der Waals surface area contributed by atoms with E-state index in [-0.39, 0.29) is 0 Å². The molecule has 2 rings (SSSR count). The van der Waals surface area contributed by atoms with Gasteiger partial charge in [-0.3, -0.25) is 0 Å². The lowest BCUT2D eigenvalue weighted by Crippen LogP contribution is -2.17. The van der Waals surface area contributed by atoms with Crippen LogP contribution in [0, 0.1) is 0 Å². The zero-order valence-corrected chi connectivity index (χ0v) is 10.2. The molecule has 1 aliphatic carbocycles. The summed E-state index contributed by atoms with van der Waals surface area (Å²) in [5.74, 6) is 0. The van der Waals surface area contributed by atoms with E-state index in [9.17, 15) is 0 Å². The maximum Gasteiger partial charge on any atom is 0.0830 e. The SMILES string of the molecule is C(CCCOC1CCOC1)CCNC1CC1. The largest absolute Gasteiger partial charge is 0.379 e. The van der Waals surface area contributed by atoms with Gasteiger partial charge >= 0.3 is 0 Å². The zero-order valence-electron chi connectivity index (χ0n) is 10.2. The van der Waals surface area contributed by atoms with Gasteiger partial charge in [0.2, 0.25) is 0 Å². The van der Waals surface area contributed by atoms with Crippen LogP contribution in [0.2, 0.25) is 0 Å². The smallest absolute Gasteiger partial charge is 0.0830 e. The molecule has 1 heterocycles. The van der Waals surface area contributed by atoms with Crippen LogP contribution in [0.5, 0.6) is 0 Å². The number of ether oxygens (including phenoxy) is 2. The van der Waals surface area contributed by atoms with Crippen molar-refractivity contribution in [3.05, 3.63) is 0 Å². The molecule has 0 aromatic heterocycles. The average molecular weight is 227 g/mol. The van der Waals surface area contributed by atoms with Gasteiger partial charge in [0.05, 0.1) is 12.7 Å². The normalized spacial score (nSPS) is 25.1. The van der Waals surface area contributed by atoms with Gasteiger partial charge in [0.25, 0.3) is 0 Å². The molecular weight excluding hydrogens is 202 g/mol. The lowest BCUT2D eigenvalue weighted by Gasteiger charge is -2.09. The van der Waals surface area contributed by atoms with Gasteiger partial charge in [-0.15, -0.1) is 0 Å². The molecule has 1 aliphatic heterocycles. The van der Waals surface area contributed by atoms with Gasteiger partial charge in [-0.2, -0.15) is 0 Å². The molecular formula is C13H25NO2. The van der Waals surface area contributed by atoms with Crippen LogP contribution in [-0.4, -0.2) is 38.5 Å². The third-order valence-electron chi connectivity index (χ3n) is 3.32. The molecule has 0 aromatic rings. The summed E-state index contributed by atoms with van der Waals surface area (Å²) in [6.07, 6.45) is 9.45. The van der Waals surface area contributed by atoms with Crippen LogP contribution in [0.15, 0.2) is 0 Å². The fraction of sp³-hybridized carbons (Fsp3) is 1.00. The first-order chi connectivity index (χ1) is 7.95. The number of hydrogen-bond acceptors (Lipinski definition) is 3. The second-order valence-corrected chi connectivity index (χ2v) is 5.00. The van der Waals surface area contributed by atoms with Gasteiger partial charge in [0, 0.05) is 19.3 Å². The van der Waals surface area contributed by atoms with Crippen molar-refractivity contribution < 1.29 is 9.47 Å². The first kappa shape index (κ1) is 12.3. The Labute approximate surface area is 98.9 Å². The number of hydrogen-bond donors (Lipinski definition) is 1. The summed E-state index contributed by atoms with van der Waals surface area (Å²) < 4.78 is 11.0. The minimum atomic E-state index is 0.386. The molecule has 1 atom stereocenters. The van der Waals surface area contributed by atoms with E-state index >= 15 is 0 Å². The van der Waals surface area contributed by atoms with E-state index in [1.807, 2.05) is 0 Å². The zero-order chi connectivity index (χ0) is 11.1. The van der Waals surface area contributed by atoms with Crippen molar-refractivity contribution in [1.29, 1.82) is 0 Å². The highest BCUT2D eigenvalue weighted by Crippen LogP contribution is 2.18. The molecule has 1 saturated heterocycles. The Morgan fingerprint density at radius 3 is 2.69 bits per heavy atom. The summed E-state index contributed by atoms with van der Waals surface area (Å²) in [7, 11) is 0. The van der Waals surface area contributed by atoms with Crippen molar-refractivity contribution in [2.75, 3.05) is 26.4 Å². The van der Waals surface area contributed by atoms with Crippen LogP contribution in [0.4, 0.5) is 0 Å². The molecule has 2 aliphatic rings. The van der Waals surface area contributed by atoms with Gasteiger partial charge < -0.3 is 14.8 Å². The molecule has 0 spiro atoms. The van der Waals surface area contributed by atoms with Crippen molar-refractivity contribution in [2.45, 2.75) is 57.1 Å². The Kier molecular flexibility index (Phi) is 5.59. The van der Waals surface area contributed by atoms with Crippen LogP contribution in [-0.2, 0) is 9.47 Å². The number of unbranched alkanes of at least 4 members (excludes halogenated alkanes) is 3. The van der Waals surface area contributed by atoms with Gasteiger partial charge in [-0.05, 0) is 38.6 Å². The van der Waals surface area contributed by atoms with Gasteiger partial charge in [0.15, 0.2) is 0 Å². The third-order valence-corrected chi connectivity index (χ3v) is 3.32. The summed E-state index contributed by atoms with van der Waals surface area (Å²) in [5, 5.41) is 3.54. The predicted molar refractivity (Wildman–Crippen MR) is 64.7 cm³/mol. The maximum atomic E-state index is 5.72. The van der Waals surface area contributed by atoms with Gasteiger partial charge in [0.1, 0.15) is 0 Å². The molecule has 2 fully saturated rings.